The molecule has 8 nitrogen and oxygen atoms in total. The predicted octanol–water partition coefficient (Wildman–Crippen LogP) is 5.94. The molecule has 228 valence electrons. The summed E-state index contributed by atoms with van der Waals surface area (Å²) in [6.07, 6.45) is 1.65. The number of hydrogen-bond donors (Lipinski definition) is 0. The first-order valence-corrected chi connectivity index (χ1v) is 15.8. The monoisotopic (exact) mass is 676 g/mol. The van der Waals surface area contributed by atoms with E-state index in [1.165, 1.54) is 11.3 Å². The van der Waals surface area contributed by atoms with Gasteiger partial charge in [-0.3, -0.25) is 9.36 Å². The number of hydrogen-bond acceptors (Lipinski definition) is 8. The van der Waals surface area contributed by atoms with Crippen molar-refractivity contribution in [1.82, 2.24) is 4.57 Å². The molecule has 0 N–H and O–H groups in total. The van der Waals surface area contributed by atoms with Crippen molar-refractivity contribution in [3.63, 3.8) is 0 Å². The van der Waals surface area contributed by atoms with Gasteiger partial charge >= 0.3 is 5.97 Å². The van der Waals surface area contributed by atoms with E-state index in [1.807, 2.05) is 80.6 Å². The van der Waals surface area contributed by atoms with Crippen LogP contribution < -0.4 is 29.1 Å². The minimum Gasteiger partial charge on any atom is -0.493 e. The van der Waals surface area contributed by atoms with E-state index in [2.05, 4.69) is 15.9 Å². The summed E-state index contributed by atoms with van der Waals surface area (Å²) in [7, 11) is 1.57. The molecule has 44 heavy (non-hydrogen) atoms. The standard InChI is InChI=1S/C34H33BrN2O6S/c1-6-41-33(39)29-21(4)36-34-37(30(29)25-14-10-11-15-26(25)43-20(2)3)32(38)28(44-34)17-23-16-24(35)18-27(40-5)31(23)42-19-22-12-8-7-9-13-22/h7-18,20,30H,6,19H2,1-5H3/b28-17-/t30-/m1/s1. The van der Waals surface area contributed by atoms with Gasteiger partial charge in [-0.1, -0.05) is 75.8 Å². The molecule has 0 spiro atoms. The lowest BCUT2D eigenvalue weighted by Gasteiger charge is -2.26. The maximum absolute atomic E-state index is 14.3. The van der Waals surface area contributed by atoms with Gasteiger partial charge in [0.05, 0.1) is 35.6 Å². The Bertz CT molecular complexity index is 1890. The number of methoxy groups -OCH3 is 1. The molecule has 5 rings (SSSR count). The molecule has 0 fully saturated rings. The molecule has 0 saturated carbocycles. The van der Waals surface area contributed by atoms with Gasteiger partial charge in [0, 0.05) is 15.6 Å². The molecule has 1 aromatic heterocycles. The normalized spacial score (nSPS) is 14.7. The largest absolute Gasteiger partial charge is 0.493 e. The zero-order valence-electron chi connectivity index (χ0n) is 25.1. The third-order valence-electron chi connectivity index (χ3n) is 6.87. The van der Waals surface area contributed by atoms with E-state index in [1.54, 1.807) is 31.6 Å². The molecule has 0 bridgehead atoms. The summed E-state index contributed by atoms with van der Waals surface area (Å²) < 4.78 is 26.2. The maximum atomic E-state index is 14.3. The molecule has 1 aliphatic heterocycles. The van der Waals surface area contributed by atoms with Crippen molar-refractivity contribution in [2.24, 2.45) is 4.99 Å². The maximum Gasteiger partial charge on any atom is 0.338 e. The lowest BCUT2D eigenvalue weighted by molar-refractivity contribution is -0.139. The second-order valence-corrected chi connectivity index (χ2v) is 12.2. The van der Waals surface area contributed by atoms with E-state index < -0.39 is 12.0 Å². The second kappa shape index (κ2) is 13.7. The molecule has 0 aliphatic carbocycles. The van der Waals surface area contributed by atoms with Crippen LogP contribution in [-0.2, 0) is 16.1 Å². The molecule has 3 aromatic carbocycles. The Kier molecular flexibility index (Phi) is 9.71. The number of ether oxygens (including phenoxy) is 4. The smallest absolute Gasteiger partial charge is 0.338 e. The minimum absolute atomic E-state index is 0.121. The first kappa shape index (κ1) is 31.3. The van der Waals surface area contributed by atoms with Crippen molar-refractivity contribution in [3.05, 3.63) is 119 Å². The molecule has 0 saturated heterocycles. The molecule has 4 aromatic rings. The number of fused-ring (bicyclic) bond motifs is 1. The Morgan fingerprint density at radius 3 is 2.52 bits per heavy atom. The number of halogens is 1. The van der Waals surface area contributed by atoms with Crippen molar-refractivity contribution in [3.8, 4) is 17.2 Å². The van der Waals surface area contributed by atoms with Gasteiger partial charge in [0.1, 0.15) is 18.4 Å². The number of thiazole rings is 1. The fourth-order valence-corrected chi connectivity index (χ4v) is 6.52. The molecule has 0 radical (unpaired) electrons. The fourth-order valence-electron chi connectivity index (χ4n) is 5.03. The predicted molar refractivity (Wildman–Crippen MR) is 174 cm³/mol. The number of carbonyl (C=O) groups is 1. The van der Waals surface area contributed by atoms with Gasteiger partial charge < -0.3 is 18.9 Å². The summed E-state index contributed by atoms with van der Waals surface area (Å²) in [4.78, 5) is 32.8. The molecule has 10 heteroatoms. The first-order chi connectivity index (χ1) is 21.2. The van der Waals surface area contributed by atoms with E-state index in [0.717, 1.165) is 10.0 Å². The van der Waals surface area contributed by atoms with Crippen LogP contribution in [-0.4, -0.2) is 30.4 Å². The first-order valence-electron chi connectivity index (χ1n) is 14.2. The number of nitrogens with zero attached hydrogens (tertiary/aromatic N) is 2. The number of benzene rings is 3. The van der Waals surface area contributed by atoms with E-state index >= 15 is 0 Å². The number of para-hydroxylation sites is 1. The Morgan fingerprint density at radius 2 is 1.82 bits per heavy atom. The summed E-state index contributed by atoms with van der Waals surface area (Å²) >= 11 is 4.80. The van der Waals surface area contributed by atoms with E-state index in [4.69, 9.17) is 23.9 Å². The number of rotatable bonds is 10. The van der Waals surface area contributed by atoms with Crippen LogP contribution in [0.4, 0.5) is 0 Å². The number of carbonyl (C=O) groups excluding carboxylic acids is 1. The summed E-state index contributed by atoms with van der Waals surface area (Å²) in [6.45, 7) is 7.87. The van der Waals surface area contributed by atoms with Crippen LogP contribution in [0.25, 0.3) is 6.08 Å². The molecule has 0 unspecified atom stereocenters. The van der Waals surface area contributed by atoms with Crippen LogP contribution in [0, 0.1) is 0 Å². The molecular formula is C34H33BrN2O6S. The Hall–Kier alpha value is -4.15. The van der Waals surface area contributed by atoms with Crippen LogP contribution in [0.3, 0.4) is 0 Å². The molecule has 0 amide bonds. The van der Waals surface area contributed by atoms with Crippen molar-refractivity contribution >= 4 is 39.3 Å². The molecule has 1 atom stereocenters. The SMILES string of the molecule is CCOC(=O)C1=C(C)N=c2s/c(=C\c3cc(Br)cc(OC)c3OCc3ccccc3)c(=O)n2[C@@H]1c1ccccc1OC(C)C. The van der Waals surface area contributed by atoms with Crippen molar-refractivity contribution in [1.29, 1.82) is 0 Å². The third-order valence-corrected chi connectivity index (χ3v) is 8.31. The fraction of sp³-hybridized carbons (Fsp3) is 0.265. The highest BCUT2D eigenvalue weighted by atomic mass is 79.9. The van der Waals surface area contributed by atoms with Gasteiger partial charge in [0.15, 0.2) is 16.3 Å². The number of aromatic nitrogens is 1. The van der Waals surface area contributed by atoms with Gasteiger partial charge in [-0.25, -0.2) is 9.79 Å². The van der Waals surface area contributed by atoms with Crippen LogP contribution in [0.5, 0.6) is 17.2 Å². The highest BCUT2D eigenvalue weighted by Crippen LogP contribution is 2.37. The van der Waals surface area contributed by atoms with Crippen LogP contribution >= 0.6 is 27.3 Å². The zero-order valence-corrected chi connectivity index (χ0v) is 27.5. The lowest BCUT2D eigenvalue weighted by Crippen LogP contribution is -2.40. The molecule has 1 aliphatic rings. The lowest BCUT2D eigenvalue weighted by atomic mass is 9.95. The highest BCUT2D eigenvalue weighted by Gasteiger charge is 2.35. The third kappa shape index (κ3) is 6.51. The highest BCUT2D eigenvalue weighted by molar-refractivity contribution is 9.10. The summed E-state index contributed by atoms with van der Waals surface area (Å²) in [6, 6.07) is 20.1. The van der Waals surface area contributed by atoms with Crippen LogP contribution in [0.1, 0.15) is 50.4 Å². The van der Waals surface area contributed by atoms with E-state index in [0.29, 0.717) is 55.6 Å². The average molecular weight is 678 g/mol. The van der Waals surface area contributed by atoms with Crippen molar-refractivity contribution < 1.29 is 23.7 Å². The van der Waals surface area contributed by atoms with Gasteiger partial charge in [0.2, 0.25) is 0 Å². The second-order valence-electron chi connectivity index (χ2n) is 10.3. The Morgan fingerprint density at radius 1 is 1.09 bits per heavy atom. The average Bonchev–Trinajstić information content (AvgIpc) is 3.30. The van der Waals surface area contributed by atoms with Crippen LogP contribution in [0.2, 0.25) is 0 Å². The molecule has 2 heterocycles. The quantitative estimate of drug-likeness (QED) is 0.193. The summed E-state index contributed by atoms with van der Waals surface area (Å²) in [5, 5.41) is 0. The summed E-state index contributed by atoms with van der Waals surface area (Å²) in [5.74, 6) is 1.07. The van der Waals surface area contributed by atoms with Gasteiger partial charge in [0.25, 0.3) is 5.56 Å². The zero-order chi connectivity index (χ0) is 31.4. The van der Waals surface area contributed by atoms with Gasteiger partial charge in [-0.2, -0.15) is 0 Å². The Labute approximate surface area is 268 Å². The van der Waals surface area contributed by atoms with Gasteiger partial charge in [-0.05, 0) is 57.5 Å². The van der Waals surface area contributed by atoms with E-state index in [9.17, 15) is 9.59 Å². The van der Waals surface area contributed by atoms with Crippen molar-refractivity contribution in [2.75, 3.05) is 13.7 Å². The molecular weight excluding hydrogens is 644 g/mol. The number of esters is 1. The van der Waals surface area contributed by atoms with E-state index in [-0.39, 0.29) is 18.3 Å². The van der Waals surface area contributed by atoms with Crippen LogP contribution in [0.15, 0.2) is 92.3 Å². The van der Waals surface area contributed by atoms with Gasteiger partial charge in [-0.15, -0.1) is 0 Å². The number of allylic oxidation sites excluding steroid dienone is 1. The van der Waals surface area contributed by atoms with Crippen molar-refractivity contribution in [2.45, 2.75) is 46.4 Å². The topological polar surface area (TPSA) is 88.4 Å². The summed E-state index contributed by atoms with van der Waals surface area (Å²) in [5.41, 5.74) is 2.78. The minimum atomic E-state index is -0.798. The Balaban J connectivity index is 1.70.